The number of nitrogens with zero attached hydrogens (tertiary/aromatic N) is 2. The molecule has 0 saturated heterocycles. The van der Waals surface area contributed by atoms with E-state index in [1.54, 1.807) is 0 Å². The van der Waals surface area contributed by atoms with E-state index in [0.717, 1.165) is 0 Å². The number of aromatic nitrogens is 1. The lowest BCUT2D eigenvalue weighted by Crippen LogP contribution is -2.16. The molecule has 1 aliphatic carbocycles. The van der Waals surface area contributed by atoms with Crippen molar-refractivity contribution in [3.8, 4) is 22.3 Å². The van der Waals surface area contributed by atoms with Gasteiger partial charge in [0.05, 0.1) is 0 Å². The van der Waals surface area contributed by atoms with E-state index in [-0.39, 0.29) is 5.41 Å². The minimum Gasteiger partial charge on any atom is -0.345 e. The van der Waals surface area contributed by atoms with E-state index in [1.807, 2.05) is 0 Å². The van der Waals surface area contributed by atoms with Crippen LogP contribution in [0.15, 0.2) is 109 Å². The zero-order valence-corrected chi connectivity index (χ0v) is 21.8. The molecule has 37 heavy (non-hydrogen) atoms. The minimum atomic E-state index is 0.00683. The second-order valence-electron chi connectivity index (χ2n) is 10.8. The summed E-state index contributed by atoms with van der Waals surface area (Å²) in [5, 5.41) is 2.61. The highest BCUT2D eigenvalue weighted by molar-refractivity contribution is 6.09. The molecule has 0 atom stereocenters. The topological polar surface area (TPSA) is 8.17 Å². The van der Waals surface area contributed by atoms with Gasteiger partial charge >= 0.3 is 0 Å². The lowest BCUT2D eigenvalue weighted by molar-refractivity contribution is 0.660. The van der Waals surface area contributed by atoms with E-state index in [0.29, 0.717) is 0 Å². The third-order valence-corrected chi connectivity index (χ3v) is 8.46. The molecule has 180 valence electrons. The highest BCUT2D eigenvalue weighted by atomic mass is 15.1. The van der Waals surface area contributed by atoms with E-state index in [1.165, 1.54) is 66.6 Å². The molecule has 1 heterocycles. The monoisotopic (exact) mass is 478 g/mol. The van der Waals surface area contributed by atoms with Crippen molar-refractivity contribution in [3.63, 3.8) is 0 Å². The van der Waals surface area contributed by atoms with Crippen LogP contribution in [0, 0.1) is 0 Å². The fraction of sp³-hybridized carbons (Fsp3) is 0.143. The number of para-hydroxylation sites is 1. The van der Waals surface area contributed by atoms with Crippen LogP contribution in [0.25, 0.3) is 44.1 Å². The van der Waals surface area contributed by atoms with Gasteiger partial charge in [0.2, 0.25) is 0 Å². The fourth-order valence-electron chi connectivity index (χ4n) is 6.27. The Bertz CT molecular complexity index is 1820. The van der Waals surface area contributed by atoms with Crippen LogP contribution < -0.4 is 4.90 Å². The molecule has 0 saturated carbocycles. The van der Waals surface area contributed by atoms with Gasteiger partial charge in [-0.1, -0.05) is 80.6 Å². The molecule has 5 aromatic carbocycles. The smallest absolute Gasteiger partial charge is 0.0489 e. The molecule has 0 fully saturated rings. The van der Waals surface area contributed by atoms with Crippen molar-refractivity contribution in [1.29, 1.82) is 0 Å². The molecule has 0 unspecified atom stereocenters. The van der Waals surface area contributed by atoms with E-state index in [2.05, 4.69) is 147 Å². The average Bonchev–Trinajstić information content (AvgIpc) is 3.36. The molecule has 6 aromatic rings. The van der Waals surface area contributed by atoms with Gasteiger partial charge in [0.15, 0.2) is 0 Å². The van der Waals surface area contributed by atoms with Crippen LogP contribution in [0.4, 0.5) is 11.4 Å². The summed E-state index contributed by atoms with van der Waals surface area (Å²) < 4.78 is 2.28. The van der Waals surface area contributed by atoms with Crippen molar-refractivity contribution in [2.75, 3.05) is 11.9 Å². The number of rotatable bonds is 3. The maximum absolute atomic E-state index is 2.37. The summed E-state index contributed by atoms with van der Waals surface area (Å²) in [6.45, 7) is 4.67. The maximum Gasteiger partial charge on any atom is 0.0489 e. The maximum atomic E-state index is 2.37. The lowest BCUT2D eigenvalue weighted by atomic mass is 9.82. The lowest BCUT2D eigenvalue weighted by Gasteiger charge is -2.25. The van der Waals surface area contributed by atoms with Crippen molar-refractivity contribution in [3.05, 3.63) is 120 Å². The number of aryl methyl sites for hydroxylation is 1. The van der Waals surface area contributed by atoms with Gasteiger partial charge < -0.3 is 9.47 Å². The number of hydrogen-bond acceptors (Lipinski definition) is 1. The summed E-state index contributed by atoms with van der Waals surface area (Å²) in [5.74, 6) is 0. The summed E-state index contributed by atoms with van der Waals surface area (Å²) >= 11 is 0. The highest BCUT2D eigenvalue weighted by Crippen LogP contribution is 2.49. The summed E-state index contributed by atoms with van der Waals surface area (Å²) in [6, 6.07) is 40.1. The summed E-state index contributed by atoms with van der Waals surface area (Å²) in [5.41, 5.74) is 13.0. The second-order valence-corrected chi connectivity index (χ2v) is 10.8. The van der Waals surface area contributed by atoms with Crippen LogP contribution in [0.1, 0.15) is 25.0 Å². The first kappa shape index (κ1) is 21.9. The van der Waals surface area contributed by atoms with Gasteiger partial charge in [-0.25, -0.2) is 0 Å². The SMILES string of the molecule is CN(c1ccc(-c2ccc3c(c2)c2ccccc2n3C)cc1)c1ccc2c(c1)C(C)(C)c1ccccc1-2. The van der Waals surface area contributed by atoms with Gasteiger partial charge in [-0.05, 0) is 75.8 Å². The first-order valence-corrected chi connectivity index (χ1v) is 13.0. The van der Waals surface area contributed by atoms with Gasteiger partial charge in [0, 0.05) is 52.7 Å². The normalized spacial score (nSPS) is 13.6. The van der Waals surface area contributed by atoms with Crippen LogP contribution in [0.3, 0.4) is 0 Å². The Hall–Kier alpha value is -4.30. The van der Waals surface area contributed by atoms with Crippen molar-refractivity contribution in [2.45, 2.75) is 19.3 Å². The Morgan fingerprint density at radius 3 is 2.05 bits per heavy atom. The van der Waals surface area contributed by atoms with E-state index in [4.69, 9.17) is 0 Å². The number of fused-ring (bicyclic) bond motifs is 6. The molecule has 0 aliphatic heterocycles. The largest absolute Gasteiger partial charge is 0.345 e. The van der Waals surface area contributed by atoms with Crippen molar-refractivity contribution in [2.24, 2.45) is 7.05 Å². The third-order valence-electron chi connectivity index (χ3n) is 8.46. The Labute approximate surface area is 218 Å². The van der Waals surface area contributed by atoms with Gasteiger partial charge in [0.25, 0.3) is 0 Å². The van der Waals surface area contributed by atoms with Crippen LogP contribution in [-0.2, 0) is 12.5 Å². The molecule has 0 radical (unpaired) electrons. The van der Waals surface area contributed by atoms with E-state index in [9.17, 15) is 0 Å². The number of anilines is 2. The standard InChI is InChI=1S/C35H30N2/c1-35(2)31-11-7-5-9-27(31)28-19-18-26(22-32(28)35)36(3)25-16-13-23(14-17-25)24-15-20-34-30(21-24)29-10-6-8-12-33(29)37(34)4/h5-22H,1-4H3. The summed E-state index contributed by atoms with van der Waals surface area (Å²) in [6.07, 6.45) is 0. The van der Waals surface area contributed by atoms with Gasteiger partial charge in [-0.3, -0.25) is 0 Å². The fourth-order valence-corrected chi connectivity index (χ4v) is 6.27. The predicted octanol–water partition coefficient (Wildman–Crippen LogP) is 9.07. The Morgan fingerprint density at radius 1 is 0.568 bits per heavy atom. The number of benzene rings is 5. The van der Waals surface area contributed by atoms with Crippen LogP contribution in [0.2, 0.25) is 0 Å². The first-order chi connectivity index (χ1) is 17.9. The van der Waals surface area contributed by atoms with E-state index >= 15 is 0 Å². The molecule has 2 heteroatoms. The minimum absolute atomic E-state index is 0.00683. The average molecular weight is 479 g/mol. The molecule has 0 N–H and O–H groups in total. The van der Waals surface area contributed by atoms with Gasteiger partial charge in [-0.15, -0.1) is 0 Å². The predicted molar refractivity (Wildman–Crippen MR) is 158 cm³/mol. The van der Waals surface area contributed by atoms with Gasteiger partial charge in [0.1, 0.15) is 0 Å². The second kappa shape index (κ2) is 7.85. The zero-order valence-electron chi connectivity index (χ0n) is 21.8. The van der Waals surface area contributed by atoms with Crippen molar-refractivity contribution < 1.29 is 0 Å². The van der Waals surface area contributed by atoms with Crippen molar-refractivity contribution in [1.82, 2.24) is 4.57 Å². The molecule has 2 nitrogen and oxygen atoms in total. The van der Waals surface area contributed by atoms with E-state index < -0.39 is 0 Å². The summed E-state index contributed by atoms with van der Waals surface area (Å²) in [7, 11) is 4.31. The Morgan fingerprint density at radius 2 is 1.22 bits per heavy atom. The van der Waals surface area contributed by atoms with Crippen LogP contribution in [-0.4, -0.2) is 11.6 Å². The van der Waals surface area contributed by atoms with Gasteiger partial charge in [-0.2, -0.15) is 0 Å². The quantitative estimate of drug-likeness (QED) is 0.246. The molecular formula is C35H30N2. The molecule has 1 aromatic heterocycles. The Balaban J connectivity index is 1.22. The summed E-state index contributed by atoms with van der Waals surface area (Å²) in [4.78, 5) is 2.29. The molecule has 0 spiro atoms. The molecule has 1 aliphatic rings. The molecule has 0 amide bonds. The molecule has 0 bridgehead atoms. The highest BCUT2D eigenvalue weighted by Gasteiger charge is 2.35. The number of hydrogen-bond donors (Lipinski definition) is 0. The molecule has 7 rings (SSSR count). The van der Waals surface area contributed by atoms with Crippen LogP contribution >= 0.6 is 0 Å². The first-order valence-electron chi connectivity index (χ1n) is 13.0. The van der Waals surface area contributed by atoms with Crippen molar-refractivity contribution >= 4 is 33.2 Å². The third kappa shape index (κ3) is 3.18. The van der Waals surface area contributed by atoms with Crippen LogP contribution in [0.5, 0.6) is 0 Å². The Kier molecular flexibility index (Phi) is 4.65. The molecular weight excluding hydrogens is 448 g/mol. The zero-order chi connectivity index (χ0) is 25.3.